The first-order valence-corrected chi connectivity index (χ1v) is 12.6. The van der Waals surface area contributed by atoms with Gasteiger partial charge in [0.1, 0.15) is 0 Å². The summed E-state index contributed by atoms with van der Waals surface area (Å²) in [5.41, 5.74) is 0.176. The van der Waals surface area contributed by atoms with Crippen LogP contribution >= 0.6 is 35.7 Å². The smallest absolute Gasteiger partial charge is 0.222 e. The molecule has 0 aromatic rings. The predicted octanol–water partition coefficient (Wildman–Crippen LogP) is 2.16. The summed E-state index contributed by atoms with van der Waals surface area (Å²) < 4.78 is 5.56. The summed E-state index contributed by atoms with van der Waals surface area (Å²) in [6.45, 7) is 10.1. The van der Waals surface area contributed by atoms with Crippen LogP contribution in [0.2, 0.25) is 0 Å². The average molecular weight is 554 g/mol. The lowest BCUT2D eigenvalue weighted by atomic mass is 9.96. The Balaban J connectivity index is 0.00000320. The number of thioether (sulfide) groups is 1. The van der Waals surface area contributed by atoms with Crippen LogP contribution in [0.3, 0.4) is 0 Å². The molecule has 7 nitrogen and oxygen atoms in total. The molecule has 0 aromatic carbocycles. The third-order valence-electron chi connectivity index (χ3n) is 6.21. The van der Waals surface area contributed by atoms with Crippen LogP contribution < -0.4 is 10.6 Å². The van der Waals surface area contributed by atoms with Gasteiger partial charge in [0.2, 0.25) is 5.91 Å². The van der Waals surface area contributed by atoms with E-state index in [1.165, 1.54) is 18.6 Å². The molecule has 1 unspecified atom stereocenters. The van der Waals surface area contributed by atoms with Gasteiger partial charge in [0, 0.05) is 51.4 Å². The number of nitrogens with zero attached hydrogens (tertiary/aromatic N) is 3. The molecule has 0 saturated carbocycles. The molecule has 0 bridgehead atoms. The summed E-state index contributed by atoms with van der Waals surface area (Å²) in [5, 5.41) is 6.88. The van der Waals surface area contributed by atoms with Crippen molar-refractivity contribution in [3.8, 4) is 0 Å². The number of hydrogen-bond acceptors (Lipinski definition) is 5. The molecule has 1 amide bonds. The Hall–Kier alpha value is -0.260. The van der Waals surface area contributed by atoms with Gasteiger partial charge in [-0.1, -0.05) is 6.42 Å². The number of amides is 1. The summed E-state index contributed by atoms with van der Waals surface area (Å²) in [4.78, 5) is 21.8. The lowest BCUT2D eigenvalue weighted by molar-refractivity contribution is -0.130. The Kier molecular flexibility index (Phi) is 12.1. The van der Waals surface area contributed by atoms with Crippen LogP contribution in [0.25, 0.3) is 0 Å². The molecule has 0 aromatic heterocycles. The van der Waals surface area contributed by atoms with E-state index in [9.17, 15) is 4.79 Å². The van der Waals surface area contributed by atoms with Gasteiger partial charge < -0.3 is 20.3 Å². The Morgan fingerprint density at radius 1 is 1.20 bits per heavy atom. The van der Waals surface area contributed by atoms with Gasteiger partial charge in [-0.15, -0.1) is 24.0 Å². The summed E-state index contributed by atoms with van der Waals surface area (Å²) in [7, 11) is 0. The number of rotatable bonds is 8. The van der Waals surface area contributed by atoms with Gasteiger partial charge in [-0.3, -0.25) is 14.7 Å². The molecule has 0 aliphatic carbocycles. The number of ether oxygens (including phenoxy) is 1. The van der Waals surface area contributed by atoms with E-state index in [1.807, 2.05) is 16.7 Å². The monoisotopic (exact) mass is 553 g/mol. The Morgan fingerprint density at radius 3 is 2.77 bits per heavy atom. The molecule has 0 radical (unpaired) electrons. The minimum Gasteiger partial charge on any atom is -0.379 e. The molecular weight excluding hydrogens is 513 g/mol. The standard InChI is InChI=1S/C21H39N5O2S.HI/c1-2-22-20(23-9-6-11-25-10-5-3-4-7-19(25)27)24-17-21(8-16-29-18-21)26-12-14-28-15-13-26;/h2-18H2,1H3,(H2,22,23,24);1H. The van der Waals surface area contributed by atoms with Crippen molar-refractivity contribution in [1.82, 2.24) is 20.4 Å². The Morgan fingerprint density at radius 2 is 2.03 bits per heavy atom. The van der Waals surface area contributed by atoms with Crippen LogP contribution in [0.4, 0.5) is 0 Å². The van der Waals surface area contributed by atoms with E-state index in [4.69, 9.17) is 9.73 Å². The fraction of sp³-hybridized carbons (Fsp3) is 0.905. The van der Waals surface area contributed by atoms with Crippen LogP contribution in [0, 0.1) is 0 Å². The summed E-state index contributed by atoms with van der Waals surface area (Å²) >= 11 is 2.05. The Labute approximate surface area is 203 Å². The van der Waals surface area contributed by atoms with Crippen molar-refractivity contribution in [2.45, 2.75) is 51.0 Å². The number of morpholine rings is 1. The third-order valence-corrected chi connectivity index (χ3v) is 7.44. The number of likely N-dealkylation sites (tertiary alicyclic amines) is 1. The maximum absolute atomic E-state index is 12.1. The molecule has 3 saturated heterocycles. The van der Waals surface area contributed by atoms with Crippen LogP contribution in [-0.4, -0.2) is 97.7 Å². The van der Waals surface area contributed by atoms with Crippen LogP contribution in [0.15, 0.2) is 4.99 Å². The van der Waals surface area contributed by atoms with E-state index in [0.717, 1.165) is 96.4 Å². The number of nitrogens with one attached hydrogen (secondary N) is 2. The minimum atomic E-state index is 0. The summed E-state index contributed by atoms with van der Waals surface area (Å²) in [6.07, 6.45) is 6.26. The molecule has 3 aliphatic rings. The highest BCUT2D eigenvalue weighted by molar-refractivity contribution is 14.0. The van der Waals surface area contributed by atoms with Gasteiger partial charge in [-0.2, -0.15) is 11.8 Å². The summed E-state index contributed by atoms with van der Waals surface area (Å²) in [6, 6.07) is 0. The molecule has 3 fully saturated rings. The van der Waals surface area contributed by atoms with Crippen molar-refractivity contribution in [3.63, 3.8) is 0 Å². The van der Waals surface area contributed by atoms with Gasteiger partial charge in [-0.25, -0.2) is 0 Å². The number of carbonyl (C=O) groups is 1. The predicted molar refractivity (Wildman–Crippen MR) is 136 cm³/mol. The normalized spacial score (nSPS) is 26.2. The zero-order chi connectivity index (χ0) is 20.4. The third kappa shape index (κ3) is 7.70. The quantitative estimate of drug-likeness (QED) is 0.208. The molecule has 2 N–H and O–H groups in total. The lowest BCUT2D eigenvalue weighted by Crippen LogP contribution is -2.56. The van der Waals surface area contributed by atoms with E-state index >= 15 is 0 Å². The first-order chi connectivity index (χ1) is 14.2. The van der Waals surface area contributed by atoms with Gasteiger partial charge in [-0.05, 0) is 38.4 Å². The lowest BCUT2D eigenvalue weighted by Gasteiger charge is -2.42. The van der Waals surface area contributed by atoms with Gasteiger partial charge in [0.15, 0.2) is 5.96 Å². The SMILES string of the molecule is CCNC(=NCC1(N2CCOCC2)CCSC1)NCCCN1CCCCCC1=O.I. The van der Waals surface area contributed by atoms with Crippen LogP contribution in [0.1, 0.15) is 45.4 Å². The number of carbonyl (C=O) groups excluding carboxylic acids is 1. The first-order valence-electron chi connectivity index (χ1n) is 11.4. The first kappa shape index (κ1) is 26.0. The van der Waals surface area contributed by atoms with Crippen LogP contribution in [0.5, 0.6) is 0 Å². The van der Waals surface area contributed by atoms with Crippen molar-refractivity contribution in [2.75, 3.05) is 70.5 Å². The molecule has 9 heteroatoms. The molecular formula is C21H40IN5O2S. The highest BCUT2D eigenvalue weighted by atomic mass is 127. The molecule has 3 aliphatic heterocycles. The van der Waals surface area contributed by atoms with E-state index in [0.29, 0.717) is 5.91 Å². The van der Waals surface area contributed by atoms with Crippen LogP contribution in [-0.2, 0) is 9.53 Å². The fourth-order valence-electron chi connectivity index (χ4n) is 4.43. The second-order valence-electron chi connectivity index (χ2n) is 8.29. The molecule has 0 spiro atoms. The highest BCUT2D eigenvalue weighted by Gasteiger charge is 2.40. The van der Waals surface area contributed by atoms with Crippen molar-refractivity contribution >= 4 is 47.6 Å². The van der Waals surface area contributed by atoms with Gasteiger partial charge >= 0.3 is 0 Å². The van der Waals surface area contributed by atoms with Gasteiger partial charge in [0.05, 0.1) is 25.3 Å². The van der Waals surface area contributed by atoms with Crippen molar-refractivity contribution in [3.05, 3.63) is 0 Å². The van der Waals surface area contributed by atoms with Gasteiger partial charge in [0.25, 0.3) is 0 Å². The number of halogens is 1. The average Bonchev–Trinajstić information content (AvgIpc) is 3.14. The maximum atomic E-state index is 12.1. The van der Waals surface area contributed by atoms with Crippen molar-refractivity contribution in [2.24, 2.45) is 4.99 Å². The molecule has 30 heavy (non-hydrogen) atoms. The highest BCUT2D eigenvalue weighted by Crippen LogP contribution is 2.34. The maximum Gasteiger partial charge on any atom is 0.222 e. The fourth-order valence-corrected chi connectivity index (χ4v) is 5.89. The second-order valence-corrected chi connectivity index (χ2v) is 9.40. The largest absolute Gasteiger partial charge is 0.379 e. The molecule has 3 heterocycles. The molecule has 174 valence electrons. The second kappa shape index (κ2) is 14.0. The summed E-state index contributed by atoms with van der Waals surface area (Å²) in [5.74, 6) is 3.61. The topological polar surface area (TPSA) is 69.2 Å². The minimum absolute atomic E-state index is 0. The van der Waals surface area contributed by atoms with E-state index in [2.05, 4.69) is 22.5 Å². The van der Waals surface area contributed by atoms with E-state index < -0.39 is 0 Å². The number of guanidine groups is 1. The van der Waals surface area contributed by atoms with Crippen molar-refractivity contribution in [1.29, 1.82) is 0 Å². The zero-order valence-electron chi connectivity index (χ0n) is 18.5. The zero-order valence-corrected chi connectivity index (χ0v) is 21.6. The van der Waals surface area contributed by atoms with E-state index in [1.54, 1.807) is 0 Å². The molecule has 1 atom stereocenters. The number of hydrogen-bond donors (Lipinski definition) is 2. The Bertz CT molecular complexity index is 539. The van der Waals surface area contributed by atoms with E-state index in [-0.39, 0.29) is 29.5 Å². The molecule has 3 rings (SSSR count). The number of aliphatic imine (C=N–C) groups is 1. The van der Waals surface area contributed by atoms with Crippen molar-refractivity contribution < 1.29 is 9.53 Å².